The maximum Gasteiger partial charge on any atom is 0.142 e. The van der Waals surface area contributed by atoms with Gasteiger partial charge in [-0.05, 0) is 35.7 Å². The van der Waals surface area contributed by atoms with E-state index in [0.29, 0.717) is 0 Å². The van der Waals surface area contributed by atoms with Gasteiger partial charge in [-0.1, -0.05) is 13.8 Å². The number of nitrogens with one attached hydrogen (secondary N) is 1. The molecule has 0 saturated carbocycles. The fourth-order valence-corrected chi connectivity index (χ4v) is 2.03. The van der Waals surface area contributed by atoms with Crippen LogP contribution in [0.2, 0.25) is 0 Å². The third-order valence-corrected chi connectivity index (χ3v) is 3.37. The second kappa shape index (κ2) is 7.01. The summed E-state index contributed by atoms with van der Waals surface area (Å²) in [6.07, 6.45) is 2.78. The summed E-state index contributed by atoms with van der Waals surface area (Å²) in [4.78, 5) is 11.2. The van der Waals surface area contributed by atoms with E-state index < -0.39 is 0 Å². The van der Waals surface area contributed by atoms with Gasteiger partial charge < -0.3 is 10.2 Å². The minimum Gasteiger partial charge on any atom is -0.372 e. The first-order chi connectivity index (χ1) is 7.71. The lowest BCUT2D eigenvalue weighted by Gasteiger charge is -2.17. The van der Waals surface area contributed by atoms with Crippen LogP contribution in [-0.4, -0.2) is 41.5 Å². The minimum absolute atomic E-state index is 0.910. The van der Waals surface area contributed by atoms with Gasteiger partial charge in [0.1, 0.15) is 11.6 Å². The fourth-order valence-electron chi connectivity index (χ4n) is 1.50. The molecule has 1 heterocycles. The zero-order chi connectivity index (χ0) is 12.0. The Balaban J connectivity index is 2.60. The Labute approximate surface area is 111 Å². The van der Waals surface area contributed by atoms with Crippen LogP contribution >= 0.6 is 22.6 Å². The highest BCUT2D eigenvalue weighted by atomic mass is 127. The second-order valence-corrected chi connectivity index (χ2v) is 4.67. The molecule has 0 fully saturated rings. The van der Waals surface area contributed by atoms with Crippen LogP contribution in [0.1, 0.15) is 19.7 Å². The smallest absolute Gasteiger partial charge is 0.142 e. The number of likely N-dealkylation sites (N-methyl/N-ethyl adjacent to an activating group) is 1. The van der Waals surface area contributed by atoms with Crippen molar-refractivity contribution in [2.45, 2.75) is 20.3 Å². The molecule has 4 nitrogen and oxygen atoms in total. The third kappa shape index (κ3) is 3.86. The largest absolute Gasteiger partial charge is 0.372 e. The van der Waals surface area contributed by atoms with Crippen molar-refractivity contribution in [3.8, 4) is 0 Å². The summed E-state index contributed by atoms with van der Waals surface area (Å²) in [5, 5.41) is 3.08. The molecule has 0 aliphatic carbocycles. The molecule has 1 aromatic heterocycles. The van der Waals surface area contributed by atoms with Crippen molar-refractivity contribution in [2.24, 2.45) is 0 Å². The normalized spacial score (nSPS) is 10.8. The van der Waals surface area contributed by atoms with E-state index in [-0.39, 0.29) is 0 Å². The van der Waals surface area contributed by atoms with E-state index in [2.05, 4.69) is 56.6 Å². The van der Waals surface area contributed by atoms with Gasteiger partial charge in [0, 0.05) is 26.2 Å². The molecular formula is C11H19IN4. The summed E-state index contributed by atoms with van der Waals surface area (Å²) in [5.41, 5.74) is 0. The summed E-state index contributed by atoms with van der Waals surface area (Å²) >= 11 is 2.24. The Kier molecular flexibility index (Phi) is 5.97. The Morgan fingerprint density at radius 1 is 1.38 bits per heavy atom. The van der Waals surface area contributed by atoms with E-state index in [9.17, 15) is 0 Å². The molecule has 1 rings (SSSR count). The van der Waals surface area contributed by atoms with Gasteiger partial charge in [-0.3, -0.25) is 0 Å². The molecule has 90 valence electrons. The number of rotatable bonds is 6. The molecule has 0 bridgehead atoms. The predicted molar refractivity (Wildman–Crippen MR) is 75.8 cm³/mol. The molecule has 0 aromatic carbocycles. The van der Waals surface area contributed by atoms with E-state index in [4.69, 9.17) is 0 Å². The Morgan fingerprint density at radius 3 is 2.62 bits per heavy atom. The predicted octanol–water partition coefficient (Wildman–Crippen LogP) is 2.01. The van der Waals surface area contributed by atoms with Gasteiger partial charge in [-0.2, -0.15) is 0 Å². The van der Waals surface area contributed by atoms with Crippen LogP contribution < -0.4 is 5.32 Å². The SMILES string of the molecule is CCN(CC)CCc1ncc(I)c(NC)n1. The van der Waals surface area contributed by atoms with Crippen LogP contribution in [0.15, 0.2) is 6.20 Å². The molecule has 0 aliphatic rings. The number of hydrogen-bond donors (Lipinski definition) is 1. The van der Waals surface area contributed by atoms with Crippen LogP contribution in [0, 0.1) is 3.57 Å². The number of nitrogens with zero attached hydrogens (tertiary/aromatic N) is 3. The van der Waals surface area contributed by atoms with Crippen LogP contribution in [0.4, 0.5) is 5.82 Å². The lowest BCUT2D eigenvalue weighted by molar-refractivity contribution is 0.306. The van der Waals surface area contributed by atoms with Gasteiger partial charge in [0.2, 0.25) is 0 Å². The van der Waals surface area contributed by atoms with Crippen LogP contribution in [-0.2, 0) is 6.42 Å². The Hall–Kier alpha value is -0.430. The van der Waals surface area contributed by atoms with Crippen molar-refractivity contribution < 1.29 is 0 Å². The van der Waals surface area contributed by atoms with E-state index in [1.165, 1.54) is 0 Å². The minimum atomic E-state index is 0.910. The number of hydrogen-bond acceptors (Lipinski definition) is 4. The monoisotopic (exact) mass is 334 g/mol. The first-order valence-corrected chi connectivity index (χ1v) is 6.70. The van der Waals surface area contributed by atoms with Crippen LogP contribution in [0.3, 0.4) is 0 Å². The van der Waals surface area contributed by atoms with Gasteiger partial charge in [-0.25, -0.2) is 9.97 Å². The first-order valence-electron chi connectivity index (χ1n) is 5.62. The highest BCUT2D eigenvalue weighted by Gasteiger charge is 2.05. The summed E-state index contributed by atoms with van der Waals surface area (Å²) in [5.74, 6) is 1.84. The molecule has 1 N–H and O–H groups in total. The van der Waals surface area contributed by atoms with Gasteiger partial charge >= 0.3 is 0 Å². The highest BCUT2D eigenvalue weighted by molar-refractivity contribution is 14.1. The van der Waals surface area contributed by atoms with Gasteiger partial charge in [-0.15, -0.1) is 0 Å². The summed E-state index contributed by atoms with van der Waals surface area (Å²) in [6.45, 7) is 7.55. The molecule has 1 aromatic rings. The molecule has 16 heavy (non-hydrogen) atoms. The van der Waals surface area contributed by atoms with E-state index >= 15 is 0 Å². The van der Waals surface area contributed by atoms with Crippen molar-refractivity contribution in [3.63, 3.8) is 0 Å². The second-order valence-electron chi connectivity index (χ2n) is 3.51. The standard InChI is InChI=1S/C11H19IN4/c1-4-16(5-2)7-6-10-14-8-9(12)11(13-3)15-10/h8H,4-7H2,1-3H3,(H,13,14,15). The maximum absolute atomic E-state index is 4.47. The van der Waals surface area contributed by atoms with Gasteiger partial charge in [0.05, 0.1) is 3.57 Å². The first kappa shape index (κ1) is 13.6. The number of anilines is 1. The molecule has 0 atom stereocenters. The lowest BCUT2D eigenvalue weighted by Crippen LogP contribution is -2.25. The molecule has 0 radical (unpaired) electrons. The number of halogens is 1. The quantitative estimate of drug-likeness (QED) is 0.808. The van der Waals surface area contributed by atoms with Gasteiger partial charge in [0.25, 0.3) is 0 Å². The van der Waals surface area contributed by atoms with E-state index in [1.807, 2.05) is 13.2 Å². The molecule has 0 aliphatic heterocycles. The highest BCUT2D eigenvalue weighted by Crippen LogP contribution is 2.13. The molecular weight excluding hydrogens is 315 g/mol. The summed E-state index contributed by atoms with van der Waals surface area (Å²) in [6, 6.07) is 0. The van der Waals surface area contributed by atoms with Crippen molar-refractivity contribution in [1.29, 1.82) is 0 Å². The Bertz CT molecular complexity index is 326. The van der Waals surface area contributed by atoms with Gasteiger partial charge in [0.15, 0.2) is 0 Å². The van der Waals surface area contributed by atoms with E-state index in [1.54, 1.807) is 0 Å². The summed E-state index contributed by atoms with van der Waals surface area (Å²) in [7, 11) is 1.89. The summed E-state index contributed by atoms with van der Waals surface area (Å²) < 4.78 is 1.06. The van der Waals surface area contributed by atoms with E-state index in [0.717, 1.165) is 41.3 Å². The average Bonchev–Trinajstić information content (AvgIpc) is 2.32. The molecule has 0 saturated heterocycles. The fraction of sp³-hybridized carbons (Fsp3) is 0.636. The maximum atomic E-state index is 4.47. The average molecular weight is 334 g/mol. The molecule has 0 unspecified atom stereocenters. The zero-order valence-electron chi connectivity index (χ0n) is 10.1. The lowest BCUT2D eigenvalue weighted by atomic mass is 10.3. The third-order valence-electron chi connectivity index (χ3n) is 2.58. The topological polar surface area (TPSA) is 41.1 Å². The molecule has 0 spiro atoms. The molecule has 5 heteroatoms. The van der Waals surface area contributed by atoms with Crippen molar-refractivity contribution in [3.05, 3.63) is 15.6 Å². The van der Waals surface area contributed by atoms with Crippen LogP contribution in [0.25, 0.3) is 0 Å². The Morgan fingerprint density at radius 2 is 2.06 bits per heavy atom. The number of aromatic nitrogens is 2. The van der Waals surface area contributed by atoms with Crippen molar-refractivity contribution in [2.75, 3.05) is 32.0 Å². The van der Waals surface area contributed by atoms with Crippen LogP contribution in [0.5, 0.6) is 0 Å². The van der Waals surface area contributed by atoms with Crippen molar-refractivity contribution >= 4 is 28.4 Å². The zero-order valence-corrected chi connectivity index (χ0v) is 12.3. The van der Waals surface area contributed by atoms with Crippen molar-refractivity contribution in [1.82, 2.24) is 14.9 Å². The molecule has 0 amide bonds.